The lowest BCUT2D eigenvalue weighted by molar-refractivity contribution is 0.441. The van der Waals surface area contributed by atoms with E-state index in [4.69, 9.17) is 39.5 Å². The average molecular weight is 484 g/mol. The van der Waals surface area contributed by atoms with Crippen LogP contribution in [0.3, 0.4) is 0 Å². The van der Waals surface area contributed by atoms with Crippen LogP contribution in [-0.2, 0) is 0 Å². The lowest BCUT2D eigenvalue weighted by Gasteiger charge is -2.37. The minimum absolute atomic E-state index is 0. The van der Waals surface area contributed by atoms with Crippen molar-refractivity contribution in [1.82, 2.24) is 15.0 Å². The van der Waals surface area contributed by atoms with Gasteiger partial charge in [0.25, 0.3) is 0 Å². The van der Waals surface area contributed by atoms with Crippen molar-refractivity contribution in [2.45, 2.75) is 37.0 Å². The molecule has 0 aliphatic carbocycles. The molecule has 11 nitrogen and oxygen atoms in total. The standard InChI is InChI=1S/C19H30ClN11.ClH/c20-11-2-1-3-16(4-11)28-29-17-25-18(30-7-12(21)5-13(22)8-30)27-19(26-17)31-9-14(23)6-15(24)10-31;/h1-4,12-15,28H,5-10,21-24H2,(H,25,26,27,29);1H/t12-,13+,14-,15+;. The minimum atomic E-state index is -0.0400. The number of nitrogens with two attached hydrogens (primary N) is 4. The first kappa shape index (κ1) is 24.5. The van der Waals surface area contributed by atoms with Gasteiger partial charge < -0.3 is 32.7 Å². The van der Waals surface area contributed by atoms with Crippen LogP contribution < -0.4 is 43.6 Å². The van der Waals surface area contributed by atoms with Crippen molar-refractivity contribution in [2.75, 3.05) is 46.8 Å². The molecule has 2 aliphatic rings. The second-order valence-electron chi connectivity index (χ2n) is 8.34. The fourth-order valence-corrected chi connectivity index (χ4v) is 4.26. The number of rotatable bonds is 5. The number of halogens is 2. The molecule has 1 aromatic heterocycles. The molecule has 0 saturated carbocycles. The zero-order valence-corrected chi connectivity index (χ0v) is 19.3. The van der Waals surface area contributed by atoms with Gasteiger partial charge in [0, 0.05) is 55.4 Å². The van der Waals surface area contributed by atoms with Crippen LogP contribution in [-0.4, -0.2) is 65.3 Å². The lowest BCUT2D eigenvalue weighted by atomic mass is 10.0. The molecule has 10 N–H and O–H groups in total. The number of hydrogen-bond donors (Lipinski definition) is 6. The van der Waals surface area contributed by atoms with Gasteiger partial charge in [0.15, 0.2) is 0 Å². The fourth-order valence-electron chi connectivity index (χ4n) is 4.07. The van der Waals surface area contributed by atoms with Crippen molar-refractivity contribution in [3.63, 3.8) is 0 Å². The second-order valence-corrected chi connectivity index (χ2v) is 8.78. The molecule has 0 bridgehead atoms. The van der Waals surface area contributed by atoms with Crippen molar-refractivity contribution in [3.05, 3.63) is 29.3 Å². The summed E-state index contributed by atoms with van der Waals surface area (Å²) in [7, 11) is 0. The largest absolute Gasteiger partial charge is 0.338 e. The molecule has 32 heavy (non-hydrogen) atoms. The molecule has 3 heterocycles. The van der Waals surface area contributed by atoms with E-state index in [9.17, 15) is 0 Å². The Bertz CT molecular complexity index is 837. The van der Waals surface area contributed by atoms with Crippen molar-refractivity contribution in [1.29, 1.82) is 0 Å². The summed E-state index contributed by atoms with van der Waals surface area (Å²) in [5.41, 5.74) is 31.6. The third-order valence-electron chi connectivity index (χ3n) is 5.35. The molecule has 176 valence electrons. The predicted molar refractivity (Wildman–Crippen MR) is 131 cm³/mol. The van der Waals surface area contributed by atoms with Crippen molar-refractivity contribution >= 4 is 47.5 Å². The SMILES string of the molecule is Cl.N[C@@H]1C[C@H](N)CN(c2nc(NNc3cccc(Cl)c3)nc(N3C[C@H](N)C[C@H](N)C3)n2)C1. The quantitative estimate of drug-likeness (QED) is 0.318. The number of anilines is 4. The molecule has 2 aromatic rings. The highest BCUT2D eigenvalue weighted by Crippen LogP contribution is 2.22. The summed E-state index contributed by atoms with van der Waals surface area (Å²) < 4.78 is 0. The predicted octanol–water partition coefficient (Wildman–Crippen LogP) is 0.115. The van der Waals surface area contributed by atoms with Gasteiger partial charge in [-0.05, 0) is 31.0 Å². The van der Waals surface area contributed by atoms with E-state index >= 15 is 0 Å². The molecule has 0 unspecified atom stereocenters. The monoisotopic (exact) mass is 483 g/mol. The van der Waals surface area contributed by atoms with Crippen LogP contribution in [0.2, 0.25) is 5.02 Å². The van der Waals surface area contributed by atoms with E-state index in [1.165, 1.54) is 0 Å². The Morgan fingerprint density at radius 2 is 1.28 bits per heavy atom. The van der Waals surface area contributed by atoms with Gasteiger partial charge in [0.1, 0.15) is 0 Å². The Hall–Kier alpha value is -2.15. The smallest absolute Gasteiger partial charge is 0.248 e. The van der Waals surface area contributed by atoms with E-state index in [1.54, 1.807) is 12.1 Å². The van der Waals surface area contributed by atoms with Gasteiger partial charge in [0.2, 0.25) is 17.8 Å². The number of nitrogens with zero attached hydrogens (tertiary/aromatic N) is 5. The zero-order valence-electron chi connectivity index (χ0n) is 17.7. The molecule has 1 aromatic carbocycles. The normalized spacial score (nSPS) is 25.8. The number of aromatic nitrogens is 3. The molecule has 4 rings (SSSR count). The summed E-state index contributed by atoms with van der Waals surface area (Å²) in [6.07, 6.45) is 1.54. The third kappa shape index (κ3) is 6.21. The summed E-state index contributed by atoms with van der Waals surface area (Å²) in [4.78, 5) is 17.9. The van der Waals surface area contributed by atoms with E-state index < -0.39 is 0 Å². The van der Waals surface area contributed by atoms with E-state index in [0.29, 0.717) is 49.0 Å². The highest BCUT2D eigenvalue weighted by molar-refractivity contribution is 6.30. The van der Waals surface area contributed by atoms with Crippen LogP contribution in [0, 0.1) is 0 Å². The maximum Gasteiger partial charge on any atom is 0.248 e. The van der Waals surface area contributed by atoms with Gasteiger partial charge >= 0.3 is 0 Å². The summed E-state index contributed by atoms with van der Waals surface area (Å²) in [5.74, 6) is 1.39. The molecular formula is C19H31Cl2N11. The van der Waals surface area contributed by atoms with Crippen LogP contribution in [0.15, 0.2) is 24.3 Å². The van der Waals surface area contributed by atoms with Crippen LogP contribution in [0.5, 0.6) is 0 Å². The Morgan fingerprint density at radius 1 is 0.781 bits per heavy atom. The van der Waals surface area contributed by atoms with Crippen LogP contribution >= 0.6 is 24.0 Å². The molecule has 2 fully saturated rings. The van der Waals surface area contributed by atoms with E-state index in [2.05, 4.69) is 20.8 Å². The Labute approximate surface area is 198 Å². The Morgan fingerprint density at radius 3 is 1.75 bits per heavy atom. The topological polar surface area (TPSA) is 173 Å². The maximum absolute atomic E-state index is 6.18. The lowest BCUT2D eigenvalue weighted by Crippen LogP contribution is -2.54. The fraction of sp³-hybridized carbons (Fsp3) is 0.526. The Kier molecular flexibility index (Phi) is 8.15. The summed E-state index contributed by atoms with van der Waals surface area (Å²) in [5, 5.41) is 0.622. The summed E-state index contributed by atoms with van der Waals surface area (Å²) in [6.45, 7) is 2.49. The first-order chi connectivity index (χ1) is 14.9. The molecule has 13 heteroatoms. The average Bonchev–Trinajstić information content (AvgIpc) is 2.71. The first-order valence-electron chi connectivity index (χ1n) is 10.4. The number of piperidine rings is 2. The van der Waals surface area contributed by atoms with Crippen LogP contribution in [0.4, 0.5) is 23.5 Å². The molecule has 0 spiro atoms. The molecule has 4 atom stereocenters. The molecule has 2 aliphatic heterocycles. The summed E-state index contributed by atoms with van der Waals surface area (Å²) in [6, 6.07) is 7.17. The van der Waals surface area contributed by atoms with Gasteiger partial charge in [-0.15, -0.1) is 12.4 Å². The molecule has 2 saturated heterocycles. The minimum Gasteiger partial charge on any atom is -0.338 e. The highest BCUT2D eigenvalue weighted by atomic mass is 35.5. The van der Waals surface area contributed by atoms with Crippen molar-refractivity contribution < 1.29 is 0 Å². The van der Waals surface area contributed by atoms with Gasteiger partial charge in [0.05, 0.1) is 5.69 Å². The van der Waals surface area contributed by atoms with Gasteiger partial charge in [-0.2, -0.15) is 15.0 Å². The number of hydrogen-bond acceptors (Lipinski definition) is 11. The van der Waals surface area contributed by atoms with Crippen LogP contribution in [0.1, 0.15) is 12.8 Å². The van der Waals surface area contributed by atoms with Crippen LogP contribution in [0.25, 0.3) is 0 Å². The van der Waals surface area contributed by atoms with E-state index in [-0.39, 0.29) is 36.6 Å². The number of benzene rings is 1. The number of hydrazine groups is 1. The van der Waals surface area contributed by atoms with E-state index in [0.717, 1.165) is 18.5 Å². The van der Waals surface area contributed by atoms with Gasteiger partial charge in [-0.3, -0.25) is 10.9 Å². The van der Waals surface area contributed by atoms with Crippen molar-refractivity contribution in [2.24, 2.45) is 22.9 Å². The second kappa shape index (κ2) is 10.6. The maximum atomic E-state index is 6.18. The summed E-state index contributed by atoms with van der Waals surface area (Å²) >= 11 is 6.07. The van der Waals surface area contributed by atoms with Gasteiger partial charge in [-0.25, -0.2) is 0 Å². The number of nitrogens with one attached hydrogen (secondary N) is 2. The van der Waals surface area contributed by atoms with E-state index in [1.807, 2.05) is 21.9 Å². The first-order valence-corrected chi connectivity index (χ1v) is 10.8. The third-order valence-corrected chi connectivity index (χ3v) is 5.59. The molecule has 0 radical (unpaired) electrons. The highest BCUT2D eigenvalue weighted by Gasteiger charge is 2.28. The molecule has 0 amide bonds. The van der Waals surface area contributed by atoms with Crippen molar-refractivity contribution in [3.8, 4) is 0 Å². The zero-order chi connectivity index (χ0) is 22.0. The van der Waals surface area contributed by atoms with Gasteiger partial charge in [-0.1, -0.05) is 17.7 Å². The Balaban J connectivity index is 0.00000289. The molecular weight excluding hydrogens is 453 g/mol.